The maximum Gasteiger partial charge on any atom is 0.323 e. The molecule has 14 heavy (non-hydrogen) atoms. The Kier molecular flexibility index (Phi) is 3.65. The highest BCUT2D eigenvalue weighted by Crippen LogP contribution is 2.17. The third-order valence-electron chi connectivity index (χ3n) is 2.34. The Labute approximate surface area is 83.9 Å². The second-order valence-electron chi connectivity index (χ2n) is 3.25. The quantitative estimate of drug-likeness (QED) is 0.736. The first-order valence-corrected chi connectivity index (χ1v) is 4.55. The molecule has 0 heterocycles. The van der Waals surface area contributed by atoms with Crippen LogP contribution in [0.1, 0.15) is 18.4 Å². The number of hydrogen-bond donors (Lipinski definition) is 1. The van der Waals surface area contributed by atoms with Gasteiger partial charge in [-0.05, 0) is 5.56 Å². The van der Waals surface area contributed by atoms with Gasteiger partial charge < -0.3 is 10.5 Å². The molecule has 0 radical (unpaired) electrons. The van der Waals surface area contributed by atoms with Crippen LogP contribution in [0.15, 0.2) is 30.3 Å². The van der Waals surface area contributed by atoms with E-state index in [1.807, 2.05) is 37.3 Å². The Balaban J connectivity index is 2.75. The standard InChI is InChI=1S/C11H15NO2/c1-8(10(12)11(13)14-2)9-6-4-3-5-7-9/h3-8,10H,12H2,1-2H3/t8?,10-/m0/s1. The zero-order chi connectivity index (χ0) is 10.6. The molecule has 0 aliphatic rings. The molecule has 0 amide bonds. The van der Waals surface area contributed by atoms with E-state index < -0.39 is 6.04 Å². The fourth-order valence-corrected chi connectivity index (χ4v) is 1.30. The van der Waals surface area contributed by atoms with E-state index in [0.29, 0.717) is 0 Å². The van der Waals surface area contributed by atoms with Crippen LogP contribution in [-0.4, -0.2) is 19.1 Å². The molecule has 0 spiro atoms. The number of ether oxygens (including phenoxy) is 1. The van der Waals surface area contributed by atoms with Crippen LogP contribution in [0.5, 0.6) is 0 Å². The molecule has 3 nitrogen and oxygen atoms in total. The summed E-state index contributed by atoms with van der Waals surface area (Å²) in [6.07, 6.45) is 0. The van der Waals surface area contributed by atoms with E-state index >= 15 is 0 Å². The molecule has 2 N–H and O–H groups in total. The average Bonchev–Trinajstić information content (AvgIpc) is 2.27. The summed E-state index contributed by atoms with van der Waals surface area (Å²) >= 11 is 0. The van der Waals surface area contributed by atoms with Crippen molar-refractivity contribution >= 4 is 5.97 Å². The van der Waals surface area contributed by atoms with Gasteiger partial charge in [0.25, 0.3) is 0 Å². The molecule has 76 valence electrons. The summed E-state index contributed by atoms with van der Waals surface area (Å²) in [6, 6.07) is 9.09. The first-order chi connectivity index (χ1) is 6.66. The number of rotatable bonds is 3. The van der Waals surface area contributed by atoms with Gasteiger partial charge in [-0.1, -0.05) is 37.3 Å². The zero-order valence-corrected chi connectivity index (χ0v) is 8.44. The molecule has 1 rings (SSSR count). The van der Waals surface area contributed by atoms with Gasteiger partial charge in [0.1, 0.15) is 6.04 Å². The largest absolute Gasteiger partial charge is 0.468 e. The molecule has 1 aromatic carbocycles. The number of esters is 1. The molecule has 3 heteroatoms. The lowest BCUT2D eigenvalue weighted by Crippen LogP contribution is -2.36. The third kappa shape index (κ3) is 2.33. The number of benzene rings is 1. The molecule has 0 saturated carbocycles. The third-order valence-corrected chi connectivity index (χ3v) is 2.34. The van der Waals surface area contributed by atoms with Crippen molar-refractivity contribution in [1.82, 2.24) is 0 Å². The van der Waals surface area contributed by atoms with Crippen molar-refractivity contribution in [3.63, 3.8) is 0 Å². The van der Waals surface area contributed by atoms with Crippen LogP contribution in [0.25, 0.3) is 0 Å². The van der Waals surface area contributed by atoms with Gasteiger partial charge in [0.05, 0.1) is 7.11 Å². The van der Waals surface area contributed by atoms with E-state index in [9.17, 15) is 4.79 Å². The highest BCUT2D eigenvalue weighted by Gasteiger charge is 2.22. The monoisotopic (exact) mass is 193 g/mol. The van der Waals surface area contributed by atoms with Crippen LogP contribution in [0, 0.1) is 0 Å². The Bertz CT molecular complexity index is 297. The van der Waals surface area contributed by atoms with Gasteiger partial charge in [0.2, 0.25) is 0 Å². The highest BCUT2D eigenvalue weighted by atomic mass is 16.5. The predicted octanol–water partition coefficient (Wildman–Crippen LogP) is 1.29. The minimum atomic E-state index is -0.595. The Morgan fingerprint density at radius 1 is 1.36 bits per heavy atom. The van der Waals surface area contributed by atoms with Crippen molar-refractivity contribution < 1.29 is 9.53 Å². The van der Waals surface area contributed by atoms with Crippen LogP contribution in [0.2, 0.25) is 0 Å². The molecule has 1 unspecified atom stereocenters. The van der Waals surface area contributed by atoms with Crippen molar-refractivity contribution in [1.29, 1.82) is 0 Å². The zero-order valence-electron chi connectivity index (χ0n) is 8.44. The smallest absolute Gasteiger partial charge is 0.323 e. The van der Waals surface area contributed by atoms with Gasteiger partial charge in [-0.15, -0.1) is 0 Å². The van der Waals surface area contributed by atoms with Crippen LogP contribution in [0.3, 0.4) is 0 Å². The van der Waals surface area contributed by atoms with Gasteiger partial charge in [0, 0.05) is 5.92 Å². The van der Waals surface area contributed by atoms with E-state index in [2.05, 4.69) is 4.74 Å². The van der Waals surface area contributed by atoms with E-state index in [1.165, 1.54) is 7.11 Å². The molecular weight excluding hydrogens is 178 g/mol. The van der Waals surface area contributed by atoms with Crippen molar-refractivity contribution in [3.8, 4) is 0 Å². The molecular formula is C11H15NO2. The van der Waals surface area contributed by atoms with Gasteiger partial charge in [-0.25, -0.2) is 0 Å². The first kappa shape index (κ1) is 10.7. The summed E-state index contributed by atoms with van der Waals surface area (Å²) < 4.78 is 4.59. The lowest BCUT2D eigenvalue weighted by molar-refractivity contribution is -0.142. The van der Waals surface area contributed by atoms with Crippen LogP contribution < -0.4 is 5.73 Å². The lowest BCUT2D eigenvalue weighted by Gasteiger charge is -2.17. The van der Waals surface area contributed by atoms with Crippen molar-refractivity contribution in [2.75, 3.05) is 7.11 Å². The van der Waals surface area contributed by atoms with Crippen molar-refractivity contribution in [2.24, 2.45) is 5.73 Å². The maximum atomic E-state index is 11.2. The number of nitrogens with two attached hydrogens (primary N) is 1. The molecule has 0 bridgehead atoms. The molecule has 0 saturated heterocycles. The summed E-state index contributed by atoms with van der Waals surface area (Å²) in [6.45, 7) is 1.91. The highest BCUT2D eigenvalue weighted by molar-refractivity contribution is 5.76. The Morgan fingerprint density at radius 3 is 2.43 bits per heavy atom. The summed E-state index contributed by atoms with van der Waals surface area (Å²) in [4.78, 5) is 11.2. The van der Waals surface area contributed by atoms with Crippen molar-refractivity contribution in [3.05, 3.63) is 35.9 Å². The molecule has 1 aromatic rings. The van der Waals surface area contributed by atoms with E-state index in [0.717, 1.165) is 5.56 Å². The van der Waals surface area contributed by atoms with E-state index in [4.69, 9.17) is 5.73 Å². The fourth-order valence-electron chi connectivity index (χ4n) is 1.30. The Morgan fingerprint density at radius 2 is 1.93 bits per heavy atom. The van der Waals surface area contributed by atoms with Crippen LogP contribution in [-0.2, 0) is 9.53 Å². The molecule has 0 aromatic heterocycles. The number of hydrogen-bond acceptors (Lipinski definition) is 3. The van der Waals surface area contributed by atoms with E-state index in [1.54, 1.807) is 0 Å². The minimum Gasteiger partial charge on any atom is -0.468 e. The first-order valence-electron chi connectivity index (χ1n) is 4.55. The second-order valence-corrected chi connectivity index (χ2v) is 3.25. The van der Waals surface area contributed by atoms with Gasteiger partial charge in [-0.2, -0.15) is 0 Å². The fraction of sp³-hybridized carbons (Fsp3) is 0.364. The molecule has 0 aliphatic carbocycles. The lowest BCUT2D eigenvalue weighted by atomic mass is 9.94. The second kappa shape index (κ2) is 4.77. The SMILES string of the molecule is COC(=O)[C@@H](N)C(C)c1ccccc1. The van der Waals surface area contributed by atoms with Crippen LogP contribution >= 0.6 is 0 Å². The van der Waals surface area contributed by atoms with Crippen molar-refractivity contribution in [2.45, 2.75) is 18.9 Å². The summed E-state index contributed by atoms with van der Waals surface area (Å²) in [5.74, 6) is -0.398. The summed E-state index contributed by atoms with van der Waals surface area (Å²) in [5, 5.41) is 0. The maximum absolute atomic E-state index is 11.2. The number of methoxy groups -OCH3 is 1. The topological polar surface area (TPSA) is 52.3 Å². The number of carbonyl (C=O) groups is 1. The molecule has 2 atom stereocenters. The van der Waals surface area contributed by atoms with Gasteiger partial charge in [0.15, 0.2) is 0 Å². The normalized spacial score (nSPS) is 14.5. The average molecular weight is 193 g/mol. The molecule has 0 aliphatic heterocycles. The predicted molar refractivity (Wildman–Crippen MR) is 54.8 cm³/mol. The number of carbonyl (C=O) groups excluding carboxylic acids is 1. The van der Waals surface area contributed by atoms with Crippen LogP contribution in [0.4, 0.5) is 0 Å². The van der Waals surface area contributed by atoms with Gasteiger partial charge in [-0.3, -0.25) is 4.79 Å². The summed E-state index contributed by atoms with van der Waals surface area (Å²) in [7, 11) is 1.35. The Hall–Kier alpha value is -1.35. The summed E-state index contributed by atoms with van der Waals surface area (Å²) in [5.41, 5.74) is 6.78. The molecule has 0 fully saturated rings. The van der Waals surface area contributed by atoms with E-state index in [-0.39, 0.29) is 11.9 Å². The van der Waals surface area contributed by atoms with Gasteiger partial charge >= 0.3 is 5.97 Å². The minimum absolute atomic E-state index is 0.0244.